The summed E-state index contributed by atoms with van der Waals surface area (Å²) in [6, 6.07) is 7.96. The molecule has 3 heteroatoms. The number of hydrogen-bond acceptors (Lipinski definition) is 3. The van der Waals surface area contributed by atoms with Crippen molar-refractivity contribution in [2.75, 3.05) is 0 Å². The van der Waals surface area contributed by atoms with Crippen LogP contribution in [0.1, 0.15) is 27.1 Å². The van der Waals surface area contributed by atoms with E-state index in [9.17, 15) is 5.11 Å². The van der Waals surface area contributed by atoms with Gasteiger partial charge in [-0.05, 0) is 37.6 Å². The predicted octanol–water partition coefficient (Wildman–Crippen LogP) is 3.04. The summed E-state index contributed by atoms with van der Waals surface area (Å²) in [6.45, 7) is 4.07. The molecule has 0 bridgehead atoms. The van der Waals surface area contributed by atoms with Gasteiger partial charge < -0.3 is 5.11 Å². The van der Waals surface area contributed by atoms with Crippen molar-refractivity contribution < 1.29 is 5.11 Å². The number of aliphatic hydroxyl groups is 1. The highest BCUT2D eigenvalue weighted by molar-refractivity contribution is 7.12. The summed E-state index contributed by atoms with van der Waals surface area (Å²) >= 11 is 1.64. The third-order valence-electron chi connectivity index (χ3n) is 2.59. The Bertz CT molecular complexity index is 478. The van der Waals surface area contributed by atoms with Crippen LogP contribution in [0.5, 0.6) is 0 Å². The molecule has 2 rings (SSSR count). The lowest BCUT2D eigenvalue weighted by Gasteiger charge is -2.09. The van der Waals surface area contributed by atoms with Crippen LogP contribution >= 0.6 is 11.3 Å². The van der Waals surface area contributed by atoms with E-state index in [0.29, 0.717) is 6.42 Å². The largest absolute Gasteiger partial charge is 0.387 e. The molecule has 0 spiro atoms. The van der Waals surface area contributed by atoms with Crippen LogP contribution in [-0.2, 0) is 6.42 Å². The van der Waals surface area contributed by atoms with Crippen molar-refractivity contribution in [3.8, 4) is 0 Å². The lowest BCUT2D eigenvalue weighted by atomic mass is 10.1. The number of pyridine rings is 1. The predicted molar refractivity (Wildman–Crippen MR) is 66.7 cm³/mol. The fraction of sp³-hybridized carbons (Fsp3) is 0.308. The Labute approximate surface area is 99.6 Å². The van der Waals surface area contributed by atoms with E-state index in [4.69, 9.17) is 0 Å². The lowest BCUT2D eigenvalue weighted by molar-refractivity contribution is 0.181. The van der Waals surface area contributed by atoms with E-state index < -0.39 is 6.10 Å². The SMILES string of the molecule is Cc1ccc(C(O)Cc2ncccc2C)s1. The average Bonchev–Trinajstić information content (AvgIpc) is 2.68. The Morgan fingerprint density at radius 3 is 2.75 bits per heavy atom. The van der Waals surface area contributed by atoms with Crippen LogP contribution in [0.25, 0.3) is 0 Å². The van der Waals surface area contributed by atoms with Crippen LogP contribution in [0.2, 0.25) is 0 Å². The van der Waals surface area contributed by atoms with E-state index in [1.165, 1.54) is 4.88 Å². The van der Waals surface area contributed by atoms with Gasteiger partial charge in [-0.2, -0.15) is 0 Å². The van der Waals surface area contributed by atoms with Gasteiger partial charge in [-0.3, -0.25) is 4.98 Å². The van der Waals surface area contributed by atoms with Gasteiger partial charge in [0.1, 0.15) is 0 Å². The molecule has 16 heavy (non-hydrogen) atoms. The second kappa shape index (κ2) is 4.76. The van der Waals surface area contributed by atoms with Crippen molar-refractivity contribution in [3.63, 3.8) is 0 Å². The molecule has 1 unspecified atom stereocenters. The minimum Gasteiger partial charge on any atom is -0.387 e. The van der Waals surface area contributed by atoms with Crippen molar-refractivity contribution in [2.24, 2.45) is 0 Å². The molecule has 1 atom stereocenters. The average molecular weight is 233 g/mol. The van der Waals surface area contributed by atoms with Gasteiger partial charge in [0.25, 0.3) is 0 Å². The first kappa shape index (κ1) is 11.3. The molecule has 1 N–H and O–H groups in total. The van der Waals surface area contributed by atoms with Crippen molar-refractivity contribution in [2.45, 2.75) is 26.4 Å². The van der Waals surface area contributed by atoms with Gasteiger partial charge in [-0.25, -0.2) is 0 Å². The van der Waals surface area contributed by atoms with Crippen LogP contribution in [-0.4, -0.2) is 10.1 Å². The number of nitrogens with zero attached hydrogens (tertiary/aromatic N) is 1. The first-order valence-corrected chi connectivity index (χ1v) is 6.13. The van der Waals surface area contributed by atoms with Crippen LogP contribution in [0.3, 0.4) is 0 Å². The Morgan fingerprint density at radius 2 is 2.12 bits per heavy atom. The summed E-state index contributed by atoms with van der Waals surface area (Å²) in [5.74, 6) is 0. The first-order valence-electron chi connectivity index (χ1n) is 5.31. The number of hydrogen-bond donors (Lipinski definition) is 1. The highest BCUT2D eigenvalue weighted by Gasteiger charge is 2.12. The van der Waals surface area contributed by atoms with Gasteiger partial charge >= 0.3 is 0 Å². The summed E-state index contributed by atoms with van der Waals surface area (Å²) in [4.78, 5) is 6.54. The molecular weight excluding hydrogens is 218 g/mol. The monoisotopic (exact) mass is 233 g/mol. The normalized spacial score (nSPS) is 12.7. The molecule has 2 aromatic rings. The summed E-state index contributed by atoms with van der Waals surface area (Å²) in [5, 5.41) is 10.1. The second-order valence-electron chi connectivity index (χ2n) is 3.94. The maximum absolute atomic E-state index is 10.1. The van der Waals surface area contributed by atoms with Crippen LogP contribution in [0, 0.1) is 13.8 Å². The molecule has 2 heterocycles. The van der Waals surface area contributed by atoms with Gasteiger partial charge in [-0.1, -0.05) is 6.07 Å². The smallest absolute Gasteiger partial charge is 0.0937 e. The summed E-state index contributed by atoms with van der Waals surface area (Å²) in [5.41, 5.74) is 2.11. The van der Waals surface area contributed by atoms with E-state index >= 15 is 0 Å². The number of rotatable bonds is 3. The van der Waals surface area contributed by atoms with Crippen LogP contribution < -0.4 is 0 Å². The number of aromatic nitrogens is 1. The van der Waals surface area contributed by atoms with Crippen molar-refractivity contribution >= 4 is 11.3 Å². The third kappa shape index (κ3) is 2.49. The molecule has 0 fully saturated rings. The highest BCUT2D eigenvalue weighted by atomic mass is 32.1. The van der Waals surface area contributed by atoms with E-state index in [1.807, 2.05) is 38.1 Å². The maximum Gasteiger partial charge on any atom is 0.0937 e. The van der Waals surface area contributed by atoms with Crippen molar-refractivity contribution in [1.82, 2.24) is 4.98 Å². The fourth-order valence-corrected chi connectivity index (χ4v) is 2.51. The molecule has 0 saturated carbocycles. The quantitative estimate of drug-likeness (QED) is 0.884. The number of aryl methyl sites for hydroxylation is 2. The van der Waals surface area contributed by atoms with Gasteiger partial charge in [0, 0.05) is 28.1 Å². The number of aliphatic hydroxyl groups excluding tert-OH is 1. The summed E-state index contributed by atoms with van der Waals surface area (Å²) in [6.07, 6.45) is 1.92. The van der Waals surface area contributed by atoms with E-state index in [-0.39, 0.29) is 0 Å². The van der Waals surface area contributed by atoms with Crippen molar-refractivity contribution in [3.05, 3.63) is 51.5 Å². The molecule has 0 aromatic carbocycles. The van der Waals surface area contributed by atoms with Crippen molar-refractivity contribution in [1.29, 1.82) is 0 Å². The molecule has 2 aromatic heterocycles. The molecule has 0 aliphatic heterocycles. The molecular formula is C13H15NOS. The molecule has 0 aliphatic rings. The zero-order valence-corrected chi connectivity index (χ0v) is 10.3. The maximum atomic E-state index is 10.1. The summed E-state index contributed by atoms with van der Waals surface area (Å²) in [7, 11) is 0. The van der Waals surface area contributed by atoms with Gasteiger partial charge in [0.15, 0.2) is 0 Å². The Balaban J connectivity index is 2.13. The fourth-order valence-electron chi connectivity index (χ4n) is 1.65. The second-order valence-corrected chi connectivity index (χ2v) is 5.25. The van der Waals surface area contributed by atoms with Crippen LogP contribution in [0.15, 0.2) is 30.5 Å². The zero-order chi connectivity index (χ0) is 11.5. The molecule has 84 valence electrons. The summed E-state index contributed by atoms with van der Waals surface area (Å²) < 4.78 is 0. The highest BCUT2D eigenvalue weighted by Crippen LogP contribution is 2.25. The molecule has 0 saturated heterocycles. The van der Waals surface area contributed by atoms with Crippen LogP contribution in [0.4, 0.5) is 0 Å². The molecule has 0 radical (unpaired) electrons. The van der Waals surface area contributed by atoms with E-state index in [2.05, 4.69) is 4.98 Å². The topological polar surface area (TPSA) is 33.1 Å². The van der Waals surface area contributed by atoms with Gasteiger partial charge in [0.2, 0.25) is 0 Å². The Kier molecular flexibility index (Phi) is 3.36. The number of thiophene rings is 1. The molecule has 0 aliphatic carbocycles. The first-order chi connectivity index (χ1) is 7.66. The Hall–Kier alpha value is -1.19. The standard InChI is InChI=1S/C13H15NOS/c1-9-4-3-7-14-11(9)8-12(15)13-6-5-10(2)16-13/h3-7,12,15H,8H2,1-2H3. The Morgan fingerprint density at radius 1 is 1.31 bits per heavy atom. The zero-order valence-electron chi connectivity index (χ0n) is 9.47. The van der Waals surface area contributed by atoms with E-state index in [0.717, 1.165) is 16.1 Å². The molecule has 0 amide bonds. The van der Waals surface area contributed by atoms with E-state index in [1.54, 1.807) is 17.5 Å². The third-order valence-corrected chi connectivity index (χ3v) is 3.70. The molecule has 2 nitrogen and oxygen atoms in total. The lowest BCUT2D eigenvalue weighted by Crippen LogP contribution is -2.03. The minimum absolute atomic E-state index is 0.438. The van der Waals surface area contributed by atoms with Gasteiger partial charge in [0.05, 0.1) is 6.10 Å². The van der Waals surface area contributed by atoms with Gasteiger partial charge in [-0.15, -0.1) is 11.3 Å². The minimum atomic E-state index is -0.438.